The Bertz CT molecular complexity index is 1590. The van der Waals surface area contributed by atoms with Gasteiger partial charge in [0, 0.05) is 24.9 Å². The number of methoxy groups -OCH3 is 2. The largest absolute Gasteiger partial charge is 0.501 e. The van der Waals surface area contributed by atoms with E-state index in [0.717, 1.165) is 18.2 Å². The molecule has 2 amide bonds. The van der Waals surface area contributed by atoms with Gasteiger partial charge < -0.3 is 30.0 Å². The van der Waals surface area contributed by atoms with Gasteiger partial charge in [0.2, 0.25) is 5.91 Å². The third-order valence-electron chi connectivity index (χ3n) is 8.57. The van der Waals surface area contributed by atoms with Crippen LogP contribution in [0.4, 0.5) is 23.2 Å². The number of sulfone groups is 1. The van der Waals surface area contributed by atoms with Crippen LogP contribution in [0.3, 0.4) is 0 Å². The Morgan fingerprint density at radius 1 is 1.00 bits per heavy atom. The van der Waals surface area contributed by atoms with Crippen LogP contribution in [0.2, 0.25) is 0 Å². The molecule has 3 atom stereocenters. The first-order chi connectivity index (χ1) is 21.5. The number of aliphatic carboxylic acids is 1. The molecule has 0 unspecified atom stereocenters. The molecule has 3 N–H and O–H groups in total. The SMILES string of the molecule is COc1cc(F)c(O[C@H]2CC[C@@](C)(C(=O)O)CC2)cc1C(=O)N[C@@H]1C[C@H](OC)C[C@@H]1C(=O)Nc1cccc(S(=O)(=O)C(F)(F)F)c1. The normalized spacial score (nSPS) is 25.0. The average Bonchev–Trinajstić information content (AvgIpc) is 3.41. The van der Waals surface area contributed by atoms with E-state index in [0.29, 0.717) is 31.7 Å². The van der Waals surface area contributed by atoms with E-state index in [1.807, 2.05) is 0 Å². The first kappa shape index (κ1) is 34.9. The summed E-state index contributed by atoms with van der Waals surface area (Å²) in [4.78, 5) is 37.3. The average molecular weight is 675 g/mol. The predicted molar refractivity (Wildman–Crippen MR) is 155 cm³/mol. The summed E-state index contributed by atoms with van der Waals surface area (Å²) in [6, 6.07) is 5.03. The highest BCUT2D eigenvalue weighted by Crippen LogP contribution is 2.39. The van der Waals surface area contributed by atoms with Crippen LogP contribution in [0.15, 0.2) is 41.3 Å². The summed E-state index contributed by atoms with van der Waals surface area (Å²) in [6.07, 6.45) is 0.713. The van der Waals surface area contributed by atoms with E-state index in [4.69, 9.17) is 14.2 Å². The Labute approximate surface area is 262 Å². The quantitative estimate of drug-likeness (QED) is 0.304. The van der Waals surface area contributed by atoms with E-state index in [-0.39, 0.29) is 35.6 Å². The first-order valence-electron chi connectivity index (χ1n) is 14.3. The third-order valence-corrected chi connectivity index (χ3v) is 10.1. The van der Waals surface area contributed by atoms with E-state index in [1.54, 1.807) is 6.92 Å². The van der Waals surface area contributed by atoms with E-state index in [9.17, 15) is 45.5 Å². The van der Waals surface area contributed by atoms with Crippen molar-refractivity contribution in [3.8, 4) is 11.5 Å². The van der Waals surface area contributed by atoms with E-state index < -0.39 is 73.4 Å². The maximum Gasteiger partial charge on any atom is 0.501 e. The first-order valence-corrected chi connectivity index (χ1v) is 15.8. The summed E-state index contributed by atoms with van der Waals surface area (Å²) >= 11 is 0. The molecule has 0 bridgehead atoms. The van der Waals surface area contributed by atoms with Crippen LogP contribution in [-0.2, 0) is 24.2 Å². The molecule has 2 aliphatic rings. The minimum absolute atomic E-state index is 0.102. The zero-order valence-electron chi connectivity index (χ0n) is 25.1. The number of carboxylic acid groups (broad SMARTS) is 1. The fourth-order valence-corrected chi connectivity index (χ4v) is 6.51. The standard InChI is InChI=1S/C30H34F4N2O9S/c1-29(28(39)40)9-7-17(8-10-29)45-25-14-21(24(44-3)15-22(25)31)27(38)36-23-13-18(43-2)12-20(23)26(37)35-16-5-4-6-19(11-16)46(41,42)30(32,33)34/h4-6,11,14-15,17-18,20,23H,7-10,12-13H2,1-3H3,(H,35,37)(H,36,38)(H,39,40)/t17-,18-,20+,23-,29+/m1/s1. The number of rotatable bonds is 10. The monoisotopic (exact) mass is 674 g/mol. The van der Waals surface area contributed by atoms with Crippen molar-refractivity contribution < 1.29 is 59.7 Å². The van der Waals surface area contributed by atoms with Crippen molar-refractivity contribution in [2.45, 2.75) is 74.1 Å². The van der Waals surface area contributed by atoms with Crippen LogP contribution < -0.4 is 20.1 Å². The van der Waals surface area contributed by atoms with Gasteiger partial charge in [-0.15, -0.1) is 0 Å². The molecular formula is C30H34F4N2O9S. The van der Waals surface area contributed by atoms with Crippen LogP contribution in [0.25, 0.3) is 0 Å². The number of hydrogen-bond acceptors (Lipinski definition) is 8. The zero-order chi connectivity index (χ0) is 34.0. The van der Waals surface area contributed by atoms with Gasteiger partial charge in [-0.2, -0.15) is 13.2 Å². The number of halogens is 4. The van der Waals surface area contributed by atoms with Crippen LogP contribution in [0.1, 0.15) is 55.8 Å². The zero-order valence-corrected chi connectivity index (χ0v) is 26.0. The predicted octanol–water partition coefficient (Wildman–Crippen LogP) is 4.70. The number of hydrogen-bond donors (Lipinski definition) is 3. The molecular weight excluding hydrogens is 640 g/mol. The number of anilines is 1. The van der Waals surface area contributed by atoms with Gasteiger partial charge in [-0.3, -0.25) is 14.4 Å². The maximum atomic E-state index is 15.0. The molecule has 2 aliphatic carbocycles. The second-order valence-corrected chi connectivity index (χ2v) is 13.6. The van der Waals surface area contributed by atoms with Crippen molar-refractivity contribution in [2.24, 2.45) is 11.3 Å². The molecule has 2 fully saturated rings. The third kappa shape index (κ3) is 7.38. The second-order valence-electron chi connectivity index (χ2n) is 11.6. The van der Waals surface area contributed by atoms with Crippen LogP contribution in [0.5, 0.6) is 11.5 Å². The highest BCUT2D eigenvalue weighted by molar-refractivity contribution is 7.92. The number of benzene rings is 2. The number of ether oxygens (including phenoxy) is 3. The Morgan fingerprint density at radius 3 is 2.26 bits per heavy atom. The molecule has 252 valence electrons. The van der Waals surface area contributed by atoms with Crippen molar-refractivity contribution in [2.75, 3.05) is 19.5 Å². The Kier molecular flexibility index (Phi) is 10.2. The number of amides is 2. The number of carbonyl (C=O) groups is 3. The molecule has 0 radical (unpaired) electrons. The summed E-state index contributed by atoms with van der Waals surface area (Å²) in [5, 5.41) is 14.6. The molecule has 11 nitrogen and oxygen atoms in total. The minimum Gasteiger partial charge on any atom is -0.496 e. The van der Waals surface area contributed by atoms with Gasteiger partial charge in [0.05, 0.1) is 41.1 Å². The molecule has 2 saturated carbocycles. The van der Waals surface area contributed by atoms with Crippen molar-refractivity contribution in [1.82, 2.24) is 5.32 Å². The van der Waals surface area contributed by atoms with Crippen molar-refractivity contribution >= 4 is 33.3 Å². The summed E-state index contributed by atoms with van der Waals surface area (Å²) in [7, 11) is -3.01. The number of alkyl halides is 3. The highest BCUT2D eigenvalue weighted by Gasteiger charge is 2.47. The molecule has 0 spiro atoms. The second kappa shape index (κ2) is 13.4. The van der Waals surface area contributed by atoms with Crippen molar-refractivity contribution in [1.29, 1.82) is 0 Å². The van der Waals surface area contributed by atoms with Gasteiger partial charge in [0.1, 0.15) is 5.75 Å². The van der Waals surface area contributed by atoms with E-state index >= 15 is 0 Å². The van der Waals surface area contributed by atoms with Crippen LogP contribution in [0, 0.1) is 17.2 Å². The van der Waals surface area contributed by atoms with E-state index in [2.05, 4.69) is 10.6 Å². The summed E-state index contributed by atoms with van der Waals surface area (Å²) in [5.74, 6) is -4.45. The Morgan fingerprint density at radius 2 is 1.67 bits per heavy atom. The fraction of sp³-hybridized carbons (Fsp3) is 0.500. The molecule has 0 heterocycles. The van der Waals surface area contributed by atoms with E-state index in [1.165, 1.54) is 26.4 Å². The lowest BCUT2D eigenvalue weighted by molar-refractivity contribution is -0.150. The van der Waals surface area contributed by atoms with Gasteiger partial charge in [-0.1, -0.05) is 6.07 Å². The van der Waals surface area contributed by atoms with Crippen LogP contribution in [-0.4, -0.2) is 69.3 Å². The lowest BCUT2D eigenvalue weighted by Crippen LogP contribution is -2.42. The van der Waals surface area contributed by atoms with Gasteiger partial charge in [0.25, 0.3) is 15.7 Å². The molecule has 2 aromatic rings. The molecule has 0 saturated heterocycles. The molecule has 2 aromatic carbocycles. The number of carboxylic acids is 1. The van der Waals surface area contributed by atoms with Crippen LogP contribution >= 0.6 is 0 Å². The molecule has 16 heteroatoms. The summed E-state index contributed by atoms with van der Waals surface area (Å²) < 4.78 is 94.2. The maximum absolute atomic E-state index is 15.0. The Hall–Kier alpha value is -3.92. The molecule has 4 rings (SSSR count). The van der Waals surface area contributed by atoms with Crippen molar-refractivity contribution in [3.63, 3.8) is 0 Å². The smallest absolute Gasteiger partial charge is 0.496 e. The Balaban J connectivity index is 1.51. The van der Waals surface area contributed by atoms with Gasteiger partial charge in [0.15, 0.2) is 11.6 Å². The highest BCUT2D eigenvalue weighted by atomic mass is 32.2. The topological polar surface area (TPSA) is 157 Å². The molecule has 0 aliphatic heterocycles. The lowest BCUT2D eigenvalue weighted by Gasteiger charge is -2.34. The summed E-state index contributed by atoms with van der Waals surface area (Å²) in [6.45, 7) is 1.64. The molecule has 46 heavy (non-hydrogen) atoms. The van der Waals surface area contributed by atoms with Gasteiger partial charge >= 0.3 is 11.5 Å². The number of nitrogens with one attached hydrogen (secondary N) is 2. The fourth-order valence-electron chi connectivity index (χ4n) is 5.70. The minimum atomic E-state index is -5.66. The lowest BCUT2D eigenvalue weighted by atomic mass is 9.75. The van der Waals surface area contributed by atoms with Crippen molar-refractivity contribution in [3.05, 3.63) is 47.8 Å². The molecule has 0 aromatic heterocycles. The summed E-state index contributed by atoms with van der Waals surface area (Å²) in [5.41, 5.74) is -6.74. The van der Waals surface area contributed by atoms with Gasteiger partial charge in [-0.05, 0) is 69.7 Å². The number of carbonyl (C=O) groups excluding carboxylic acids is 2. The van der Waals surface area contributed by atoms with Gasteiger partial charge in [-0.25, -0.2) is 12.8 Å².